The van der Waals surface area contributed by atoms with E-state index in [0.29, 0.717) is 18.5 Å². The van der Waals surface area contributed by atoms with E-state index >= 15 is 0 Å². The number of carbonyl (C=O) groups excluding carboxylic acids is 3. The van der Waals surface area contributed by atoms with Gasteiger partial charge in [-0.15, -0.1) is 0 Å². The van der Waals surface area contributed by atoms with Crippen molar-refractivity contribution in [2.75, 3.05) is 13.1 Å². The molecule has 1 aliphatic carbocycles. The van der Waals surface area contributed by atoms with Gasteiger partial charge in [0.05, 0.1) is 0 Å². The molecule has 1 aromatic carbocycles. The molecule has 6 nitrogen and oxygen atoms in total. The second-order valence-corrected chi connectivity index (χ2v) is 6.47. The SMILES string of the molecule is O=C(CN1CCCCCC1=O)NNC(=O)c1ccc2c(c1)CCC2. The molecule has 0 bridgehead atoms. The molecule has 3 amide bonds. The van der Waals surface area contributed by atoms with Crippen LogP contribution < -0.4 is 10.9 Å². The molecule has 1 aromatic rings. The number of hydrazine groups is 1. The van der Waals surface area contributed by atoms with Crippen molar-refractivity contribution in [3.05, 3.63) is 34.9 Å². The lowest BCUT2D eigenvalue weighted by Gasteiger charge is -2.19. The minimum atomic E-state index is -0.375. The van der Waals surface area contributed by atoms with Gasteiger partial charge in [0.15, 0.2) is 0 Å². The fourth-order valence-corrected chi connectivity index (χ4v) is 3.33. The van der Waals surface area contributed by atoms with Crippen LogP contribution in [0.3, 0.4) is 0 Å². The summed E-state index contributed by atoms with van der Waals surface area (Å²) in [6.07, 6.45) is 6.50. The number of nitrogens with one attached hydrogen (secondary N) is 2. The van der Waals surface area contributed by atoms with Crippen molar-refractivity contribution in [1.29, 1.82) is 0 Å². The van der Waals surface area contributed by atoms with E-state index in [1.54, 1.807) is 11.0 Å². The molecule has 0 unspecified atom stereocenters. The van der Waals surface area contributed by atoms with Crippen molar-refractivity contribution in [2.45, 2.75) is 44.9 Å². The summed E-state index contributed by atoms with van der Waals surface area (Å²) in [5.74, 6) is -0.701. The highest BCUT2D eigenvalue weighted by atomic mass is 16.2. The highest BCUT2D eigenvalue weighted by molar-refractivity contribution is 5.96. The van der Waals surface area contributed by atoms with Crippen molar-refractivity contribution in [1.82, 2.24) is 15.8 Å². The van der Waals surface area contributed by atoms with Gasteiger partial charge in [-0.3, -0.25) is 25.2 Å². The van der Waals surface area contributed by atoms with Crippen LogP contribution in [0.15, 0.2) is 18.2 Å². The molecule has 0 spiro atoms. The Morgan fingerprint density at radius 3 is 2.67 bits per heavy atom. The number of nitrogens with zero attached hydrogens (tertiary/aromatic N) is 1. The third-order valence-corrected chi connectivity index (χ3v) is 4.68. The maximum absolute atomic E-state index is 12.2. The standard InChI is InChI=1S/C18H23N3O3/c22-16(12-21-10-3-1-2-7-17(21)23)19-20-18(24)15-9-8-13-5-4-6-14(13)11-15/h8-9,11H,1-7,10,12H2,(H,19,22)(H,20,24). The third-order valence-electron chi connectivity index (χ3n) is 4.68. The monoisotopic (exact) mass is 329 g/mol. The van der Waals surface area contributed by atoms with E-state index in [9.17, 15) is 14.4 Å². The van der Waals surface area contributed by atoms with Crippen LogP contribution in [-0.4, -0.2) is 35.7 Å². The molecule has 2 N–H and O–H groups in total. The molecule has 128 valence electrons. The van der Waals surface area contributed by atoms with Gasteiger partial charge in [-0.05, 0) is 55.4 Å². The first-order chi connectivity index (χ1) is 11.6. The molecule has 24 heavy (non-hydrogen) atoms. The molecule has 0 radical (unpaired) electrons. The van der Waals surface area contributed by atoms with Crippen molar-refractivity contribution in [3.8, 4) is 0 Å². The Labute approximate surface area is 141 Å². The molecule has 1 saturated heterocycles. The zero-order chi connectivity index (χ0) is 16.9. The van der Waals surface area contributed by atoms with Crippen LogP contribution in [0.5, 0.6) is 0 Å². The zero-order valence-electron chi connectivity index (χ0n) is 13.8. The van der Waals surface area contributed by atoms with Crippen LogP contribution in [0, 0.1) is 0 Å². The summed E-state index contributed by atoms with van der Waals surface area (Å²) in [7, 11) is 0. The minimum Gasteiger partial charge on any atom is -0.333 e. The Bertz CT molecular complexity index is 657. The van der Waals surface area contributed by atoms with E-state index in [1.165, 1.54) is 11.1 Å². The van der Waals surface area contributed by atoms with E-state index in [1.807, 2.05) is 12.1 Å². The van der Waals surface area contributed by atoms with E-state index in [2.05, 4.69) is 10.9 Å². The molecule has 2 aliphatic rings. The first-order valence-corrected chi connectivity index (χ1v) is 8.62. The van der Waals surface area contributed by atoms with Gasteiger partial charge in [-0.1, -0.05) is 12.5 Å². The highest BCUT2D eigenvalue weighted by Gasteiger charge is 2.20. The van der Waals surface area contributed by atoms with Crippen LogP contribution in [0.4, 0.5) is 0 Å². The Balaban J connectivity index is 1.50. The first kappa shape index (κ1) is 16.5. The molecule has 6 heteroatoms. The largest absolute Gasteiger partial charge is 0.333 e. The van der Waals surface area contributed by atoms with Crippen molar-refractivity contribution >= 4 is 17.7 Å². The average Bonchev–Trinajstić information content (AvgIpc) is 2.96. The normalized spacial score (nSPS) is 17.2. The van der Waals surface area contributed by atoms with Gasteiger partial charge in [0.1, 0.15) is 6.54 Å². The predicted molar refractivity (Wildman–Crippen MR) is 89.1 cm³/mol. The highest BCUT2D eigenvalue weighted by Crippen LogP contribution is 2.22. The molecule has 0 saturated carbocycles. The van der Waals surface area contributed by atoms with E-state index in [0.717, 1.165) is 38.5 Å². The number of rotatable bonds is 3. The number of fused-ring (bicyclic) bond motifs is 1. The summed E-state index contributed by atoms with van der Waals surface area (Å²) >= 11 is 0. The van der Waals surface area contributed by atoms with Gasteiger partial charge in [-0.2, -0.15) is 0 Å². The molecule has 3 rings (SSSR count). The summed E-state index contributed by atoms with van der Waals surface area (Å²) < 4.78 is 0. The number of hydrogen-bond acceptors (Lipinski definition) is 3. The van der Waals surface area contributed by atoms with Gasteiger partial charge in [0.25, 0.3) is 11.8 Å². The van der Waals surface area contributed by atoms with Gasteiger partial charge in [0.2, 0.25) is 5.91 Å². The first-order valence-electron chi connectivity index (χ1n) is 8.62. The fourth-order valence-electron chi connectivity index (χ4n) is 3.33. The van der Waals surface area contributed by atoms with Crippen molar-refractivity contribution in [2.24, 2.45) is 0 Å². The molecule has 1 heterocycles. The molecular weight excluding hydrogens is 306 g/mol. The van der Waals surface area contributed by atoms with Gasteiger partial charge in [0, 0.05) is 18.5 Å². The lowest BCUT2D eigenvalue weighted by molar-refractivity contribution is -0.135. The number of likely N-dealkylation sites (tertiary alicyclic amines) is 1. The summed E-state index contributed by atoms with van der Waals surface area (Å²) in [5, 5.41) is 0. The van der Waals surface area contributed by atoms with Crippen LogP contribution in [-0.2, 0) is 22.4 Å². The molecule has 1 fully saturated rings. The molecular formula is C18H23N3O3. The average molecular weight is 329 g/mol. The van der Waals surface area contributed by atoms with Crippen molar-refractivity contribution < 1.29 is 14.4 Å². The number of amides is 3. The quantitative estimate of drug-likeness (QED) is 0.822. The van der Waals surface area contributed by atoms with E-state index in [-0.39, 0.29) is 24.3 Å². The number of aryl methyl sites for hydroxylation is 2. The predicted octanol–water partition coefficient (Wildman–Crippen LogP) is 1.34. The summed E-state index contributed by atoms with van der Waals surface area (Å²) in [4.78, 5) is 37.6. The van der Waals surface area contributed by atoms with Gasteiger partial charge in [-0.25, -0.2) is 0 Å². The molecule has 1 aliphatic heterocycles. The summed E-state index contributed by atoms with van der Waals surface area (Å²) in [6, 6.07) is 5.65. The van der Waals surface area contributed by atoms with Crippen LogP contribution in [0.1, 0.15) is 53.6 Å². The topological polar surface area (TPSA) is 78.5 Å². The number of hydrogen-bond donors (Lipinski definition) is 2. The molecule has 0 aromatic heterocycles. The van der Waals surface area contributed by atoms with E-state index in [4.69, 9.17) is 0 Å². The van der Waals surface area contributed by atoms with Crippen LogP contribution in [0.25, 0.3) is 0 Å². The number of benzene rings is 1. The van der Waals surface area contributed by atoms with Crippen LogP contribution in [0.2, 0.25) is 0 Å². The Kier molecular flexibility index (Phi) is 5.13. The molecule has 0 atom stereocenters. The minimum absolute atomic E-state index is 0.00704. The van der Waals surface area contributed by atoms with Crippen molar-refractivity contribution in [3.63, 3.8) is 0 Å². The maximum Gasteiger partial charge on any atom is 0.269 e. The van der Waals surface area contributed by atoms with E-state index < -0.39 is 0 Å². The Morgan fingerprint density at radius 2 is 1.79 bits per heavy atom. The second-order valence-electron chi connectivity index (χ2n) is 6.47. The number of carbonyl (C=O) groups is 3. The summed E-state index contributed by atoms with van der Waals surface area (Å²) in [6.45, 7) is 0.592. The lowest BCUT2D eigenvalue weighted by Crippen LogP contribution is -2.47. The third kappa shape index (κ3) is 3.93. The van der Waals surface area contributed by atoms with Gasteiger partial charge >= 0.3 is 0 Å². The van der Waals surface area contributed by atoms with Crippen LogP contribution >= 0.6 is 0 Å². The summed E-state index contributed by atoms with van der Waals surface area (Å²) in [5.41, 5.74) is 7.89. The second kappa shape index (κ2) is 7.47. The lowest BCUT2D eigenvalue weighted by atomic mass is 10.1. The van der Waals surface area contributed by atoms with Gasteiger partial charge < -0.3 is 4.90 Å². The smallest absolute Gasteiger partial charge is 0.269 e. The maximum atomic E-state index is 12.2. The Hall–Kier alpha value is -2.37. The zero-order valence-corrected chi connectivity index (χ0v) is 13.8. The Morgan fingerprint density at radius 1 is 0.958 bits per heavy atom. The fraction of sp³-hybridized carbons (Fsp3) is 0.500.